The van der Waals surface area contributed by atoms with Crippen LogP contribution in [0.3, 0.4) is 0 Å². The molecule has 0 saturated heterocycles. The summed E-state index contributed by atoms with van der Waals surface area (Å²) in [6.07, 6.45) is 1.27. The molecule has 1 aliphatic rings. The molecule has 3 rings (SSSR count). The summed E-state index contributed by atoms with van der Waals surface area (Å²) in [5, 5.41) is 2.10. The van der Waals surface area contributed by atoms with Crippen LogP contribution in [0.1, 0.15) is 49.2 Å². The Morgan fingerprint density at radius 1 is 1.24 bits per heavy atom. The molecule has 29 heavy (non-hydrogen) atoms. The van der Waals surface area contributed by atoms with E-state index in [0.717, 1.165) is 17.7 Å². The summed E-state index contributed by atoms with van der Waals surface area (Å²) in [5.74, 6) is 1.15. The lowest BCUT2D eigenvalue weighted by Gasteiger charge is -2.38. The molecule has 6 heteroatoms. The van der Waals surface area contributed by atoms with Gasteiger partial charge in [0.25, 0.3) is 0 Å². The number of rotatable bonds is 7. The average molecular weight is 415 g/mol. The minimum Gasteiger partial charge on any atom is -0.497 e. The van der Waals surface area contributed by atoms with E-state index in [1.807, 2.05) is 36.1 Å². The molecule has 1 atom stereocenters. The highest BCUT2D eigenvalue weighted by atomic mass is 32.1. The van der Waals surface area contributed by atoms with Crippen molar-refractivity contribution in [2.75, 3.05) is 26.7 Å². The molecular weight excluding hydrogens is 384 g/mol. The summed E-state index contributed by atoms with van der Waals surface area (Å²) in [4.78, 5) is 30.7. The summed E-state index contributed by atoms with van der Waals surface area (Å²) in [7, 11) is 1.65. The highest BCUT2D eigenvalue weighted by Crippen LogP contribution is 2.38. The lowest BCUT2D eigenvalue weighted by molar-refractivity contribution is -0.142. The van der Waals surface area contributed by atoms with E-state index >= 15 is 0 Å². The van der Waals surface area contributed by atoms with Crippen LogP contribution in [-0.2, 0) is 16.0 Å². The molecule has 0 aliphatic carbocycles. The van der Waals surface area contributed by atoms with Gasteiger partial charge in [-0.3, -0.25) is 9.59 Å². The third-order valence-electron chi connectivity index (χ3n) is 5.28. The number of hydrogen-bond acceptors (Lipinski definition) is 4. The molecule has 0 radical (unpaired) electrons. The zero-order valence-electron chi connectivity index (χ0n) is 17.7. The van der Waals surface area contributed by atoms with Crippen molar-refractivity contribution in [3.63, 3.8) is 0 Å². The van der Waals surface area contributed by atoms with Crippen molar-refractivity contribution in [1.82, 2.24) is 9.80 Å². The first-order valence-electron chi connectivity index (χ1n) is 10.2. The first-order valence-corrected chi connectivity index (χ1v) is 11.1. The van der Waals surface area contributed by atoms with E-state index in [4.69, 9.17) is 4.74 Å². The van der Waals surface area contributed by atoms with Crippen LogP contribution in [-0.4, -0.2) is 48.4 Å². The number of methoxy groups -OCH3 is 1. The Balaban J connectivity index is 1.89. The SMILES string of the molecule is CCC(=O)N(CC(=O)N1CCc2sccc2[C@H]1c1ccc(OC)cc1)CC(C)C. The molecular formula is C23H30N2O3S. The van der Waals surface area contributed by atoms with Gasteiger partial charge in [0.05, 0.1) is 19.7 Å². The summed E-state index contributed by atoms with van der Waals surface area (Å²) >= 11 is 1.75. The average Bonchev–Trinajstić information content (AvgIpc) is 3.20. The van der Waals surface area contributed by atoms with Crippen LogP contribution < -0.4 is 4.74 Å². The van der Waals surface area contributed by atoms with Crippen molar-refractivity contribution in [3.8, 4) is 5.75 Å². The van der Waals surface area contributed by atoms with Gasteiger partial charge in [-0.15, -0.1) is 11.3 Å². The van der Waals surface area contributed by atoms with Gasteiger partial charge in [-0.05, 0) is 47.0 Å². The van der Waals surface area contributed by atoms with Crippen molar-refractivity contribution >= 4 is 23.2 Å². The fourth-order valence-electron chi connectivity index (χ4n) is 3.90. The number of amides is 2. The number of benzene rings is 1. The fraction of sp³-hybridized carbons (Fsp3) is 0.478. The van der Waals surface area contributed by atoms with Crippen LogP contribution in [0.25, 0.3) is 0 Å². The maximum Gasteiger partial charge on any atom is 0.242 e. The maximum absolute atomic E-state index is 13.4. The lowest BCUT2D eigenvalue weighted by Crippen LogP contribution is -2.47. The largest absolute Gasteiger partial charge is 0.497 e. The minimum absolute atomic E-state index is 0.00474. The van der Waals surface area contributed by atoms with E-state index in [9.17, 15) is 9.59 Å². The monoisotopic (exact) mass is 414 g/mol. The Labute approximate surface area is 177 Å². The Hall–Kier alpha value is -2.34. The zero-order chi connectivity index (χ0) is 21.0. The number of carbonyl (C=O) groups is 2. The van der Waals surface area contributed by atoms with Gasteiger partial charge in [-0.1, -0.05) is 32.9 Å². The lowest BCUT2D eigenvalue weighted by atomic mass is 9.93. The molecule has 0 fully saturated rings. The van der Waals surface area contributed by atoms with Gasteiger partial charge in [-0.25, -0.2) is 0 Å². The third kappa shape index (κ3) is 4.81. The Kier molecular flexibility index (Phi) is 6.96. The summed E-state index contributed by atoms with van der Waals surface area (Å²) in [6.45, 7) is 7.38. The van der Waals surface area contributed by atoms with Crippen LogP contribution in [0.15, 0.2) is 35.7 Å². The summed E-state index contributed by atoms with van der Waals surface area (Å²) < 4.78 is 5.29. The molecule has 1 aromatic carbocycles. The number of nitrogens with zero attached hydrogens (tertiary/aromatic N) is 2. The van der Waals surface area contributed by atoms with E-state index in [1.54, 1.807) is 23.3 Å². The van der Waals surface area contributed by atoms with E-state index < -0.39 is 0 Å². The van der Waals surface area contributed by atoms with Gasteiger partial charge >= 0.3 is 0 Å². The topological polar surface area (TPSA) is 49.9 Å². The number of ether oxygens (including phenoxy) is 1. The second-order valence-corrected chi connectivity index (χ2v) is 8.83. The highest BCUT2D eigenvalue weighted by molar-refractivity contribution is 7.10. The van der Waals surface area contributed by atoms with Crippen LogP contribution in [0.5, 0.6) is 5.75 Å². The number of fused-ring (bicyclic) bond motifs is 1. The molecule has 2 amide bonds. The van der Waals surface area contributed by atoms with Crippen LogP contribution >= 0.6 is 11.3 Å². The molecule has 2 aromatic rings. The third-order valence-corrected chi connectivity index (χ3v) is 6.28. The molecule has 0 saturated carbocycles. The number of carbonyl (C=O) groups excluding carboxylic acids is 2. The molecule has 1 aliphatic heterocycles. The quantitative estimate of drug-likeness (QED) is 0.685. The van der Waals surface area contributed by atoms with Gasteiger partial charge in [0, 0.05) is 24.4 Å². The van der Waals surface area contributed by atoms with E-state index in [0.29, 0.717) is 25.4 Å². The summed E-state index contributed by atoms with van der Waals surface area (Å²) in [6, 6.07) is 9.92. The molecule has 0 N–H and O–H groups in total. The molecule has 5 nitrogen and oxygen atoms in total. The molecule has 0 bridgehead atoms. The van der Waals surface area contributed by atoms with Crippen molar-refractivity contribution in [3.05, 3.63) is 51.7 Å². The van der Waals surface area contributed by atoms with Gasteiger partial charge in [0.15, 0.2) is 0 Å². The normalized spacial score (nSPS) is 15.9. The van der Waals surface area contributed by atoms with Gasteiger partial charge < -0.3 is 14.5 Å². The Bertz CT molecular complexity index is 844. The van der Waals surface area contributed by atoms with Gasteiger partial charge in [0.1, 0.15) is 5.75 Å². The van der Waals surface area contributed by atoms with Gasteiger partial charge in [0.2, 0.25) is 11.8 Å². The number of hydrogen-bond donors (Lipinski definition) is 0. The maximum atomic E-state index is 13.4. The molecule has 0 spiro atoms. The van der Waals surface area contributed by atoms with E-state index in [-0.39, 0.29) is 24.4 Å². The Morgan fingerprint density at radius 2 is 1.97 bits per heavy atom. The number of thiophene rings is 1. The van der Waals surface area contributed by atoms with Crippen molar-refractivity contribution in [1.29, 1.82) is 0 Å². The Morgan fingerprint density at radius 3 is 2.59 bits per heavy atom. The molecule has 1 aromatic heterocycles. The van der Waals surface area contributed by atoms with Crippen LogP contribution in [0.4, 0.5) is 0 Å². The zero-order valence-corrected chi connectivity index (χ0v) is 18.5. The van der Waals surface area contributed by atoms with Gasteiger partial charge in [-0.2, -0.15) is 0 Å². The van der Waals surface area contributed by atoms with Crippen molar-refractivity contribution in [2.24, 2.45) is 5.92 Å². The fourth-order valence-corrected chi connectivity index (χ4v) is 4.81. The predicted molar refractivity (Wildman–Crippen MR) is 116 cm³/mol. The minimum atomic E-state index is -0.124. The van der Waals surface area contributed by atoms with Crippen LogP contribution in [0.2, 0.25) is 0 Å². The van der Waals surface area contributed by atoms with E-state index in [1.165, 1.54) is 10.4 Å². The highest BCUT2D eigenvalue weighted by Gasteiger charge is 2.33. The smallest absolute Gasteiger partial charge is 0.242 e. The van der Waals surface area contributed by atoms with Crippen molar-refractivity contribution in [2.45, 2.75) is 39.7 Å². The van der Waals surface area contributed by atoms with Crippen molar-refractivity contribution < 1.29 is 14.3 Å². The first kappa shape index (κ1) is 21.4. The molecule has 156 valence electrons. The predicted octanol–water partition coefficient (Wildman–Crippen LogP) is 4.13. The molecule has 2 heterocycles. The first-order chi connectivity index (χ1) is 13.9. The second-order valence-electron chi connectivity index (χ2n) is 7.83. The van der Waals surface area contributed by atoms with Crippen LogP contribution in [0, 0.1) is 5.92 Å². The standard InChI is InChI=1S/C23H30N2O3S/c1-5-21(26)24(14-16(2)3)15-22(27)25-12-10-20-19(11-13-29-20)23(25)17-6-8-18(28-4)9-7-17/h6-9,11,13,16,23H,5,10,12,14-15H2,1-4H3/t23-/m1/s1. The summed E-state index contributed by atoms with van der Waals surface area (Å²) in [5.41, 5.74) is 2.26. The second kappa shape index (κ2) is 9.44. The van der Waals surface area contributed by atoms with E-state index in [2.05, 4.69) is 25.3 Å². The molecule has 0 unspecified atom stereocenters.